The number of Topliss-reactive ketones (excluding diaryl/α,β-unsaturated/α-hetero) is 1. The number of rotatable bonds is 9. The van der Waals surface area contributed by atoms with E-state index in [2.05, 4.69) is 20.2 Å². The Morgan fingerprint density at radius 3 is 1.56 bits per heavy atom. The van der Waals surface area contributed by atoms with Crippen LogP contribution in [0.4, 0.5) is 12.0 Å². The summed E-state index contributed by atoms with van der Waals surface area (Å²) in [5.41, 5.74) is 3.71. The molecule has 4 aromatic carbocycles. The highest BCUT2D eigenvalue weighted by Gasteiger charge is 2.32. The summed E-state index contributed by atoms with van der Waals surface area (Å²) in [6, 6.07) is 26.6. The van der Waals surface area contributed by atoms with Crippen molar-refractivity contribution in [3.8, 4) is 23.0 Å². The average Bonchev–Trinajstić information content (AvgIpc) is 3.78. The Balaban J connectivity index is 0.000000198. The van der Waals surface area contributed by atoms with Crippen LogP contribution in [0.1, 0.15) is 22.1 Å². The number of amides is 2. The highest BCUT2D eigenvalue weighted by molar-refractivity contribution is 6.02. The molecular formula is C43H48N7O9-. The normalized spacial score (nSPS) is 15.9. The number of ketones is 1. The van der Waals surface area contributed by atoms with E-state index < -0.39 is 0 Å². The van der Waals surface area contributed by atoms with Crippen molar-refractivity contribution in [2.75, 3.05) is 97.6 Å². The molecule has 2 amide bonds. The van der Waals surface area contributed by atoms with Crippen LogP contribution in [-0.4, -0.2) is 131 Å². The van der Waals surface area contributed by atoms with Crippen molar-refractivity contribution in [3.63, 3.8) is 0 Å². The minimum Gasteiger partial charge on any atom is -1.00 e. The summed E-state index contributed by atoms with van der Waals surface area (Å²) in [6.07, 6.45) is 0. The van der Waals surface area contributed by atoms with Gasteiger partial charge in [-0.05, 0) is 55.6 Å². The zero-order valence-corrected chi connectivity index (χ0v) is 33.7. The zero-order chi connectivity index (χ0) is 41.5. The minimum absolute atomic E-state index is 0. The van der Waals surface area contributed by atoms with Crippen molar-refractivity contribution in [2.45, 2.75) is 6.04 Å². The lowest BCUT2D eigenvalue weighted by Crippen LogP contribution is -2.44. The van der Waals surface area contributed by atoms with E-state index in [1.165, 1.54) is 19.1 Å². The molecule has 2 aliphatic rings. The first-order valence-corrected chi connectivity index (χ1v) is 19.2. The van der Waals surface area contributed by atoms with E-state index in [9.17, 15) is 14.4 Å². The number of hydrogen-bond donors (Lipinski definition) is 1. The molecule has 1 unspecified atom stereocenters. The molecule has 16 nitrogen and oxygen atoms in total. The quantitative estimate of drug-likeness (QED) is 0.210. The number of benzene rings is 4. The van der Waals surface area contributed by atoms with Gasteiger partial charge in [-0.25, -0.2) is 0 Å². The van der Waals surface area contributed by atoms with Crippen LogP contribution in [0.5, 0.6) is 23.0 Å². The zero-order valence-electron chi connectivity index (χ0n) is 34.7. The number of fused-ring (bicyclic) bond motifs is 2. The van der Waals surface area contributed by atoms with Gasteiger partial charge in [0.1, 0.15) is 45.2 Å². The van der Waals surface area contributed by atoms with Crippen molar-refractivity contribution in [1.82, 2.24) is 25.1 Å². The number of para-hydroxylation sites is 4. The first-order chi connectivity index (χ1) is 28.7. The molecule has 2 fully saturated rings. The smallest absolute Gasteiger partial charge is 0.298 e. The second-order valence-electron chi connectivity index (χ2n) is 13.9. The van der Waals surface area contributed by atoms with Crippen molar-refractivity contribution in [3.05, 3.63) is 96.1 Å². The standard InChI is InChI=1S/C22H26N4O4.C21H21N3O5.H/c1-23-15-13-25(21(27)20-18(28-2)9-6-10-19(20)29-3)11-12-26(14-15)22-24-16-7-4-5-8-17(16)30-22;1-27-17-8-5-9-18(28-2)19(17)20(26)23-10-11-24(13-14(25)12-23)21-22-15-6-3-4-7-16(15)29-21;/h4-10,15,23H,11-14H2,1-3H3;3-9H,10-13H2,1-2H3;/q;;-1. The Hall–Kier alpha value is -6.81. The van der Waals surface area contributed by atoms with Gasteiger partial charge in [0.2, 0.25) is 0 Å². The topological polar surface area (TPSA) is 165 Å². The molecule has 1 N–H and O–H groups in total. The van der Waals surface area contributed by atoms with E-state index in [-0.39, 0.29) is 38.2 Å². The largest absolute Gasteiger partial charge is 1.00 e. The lowest BCUT2D eigenvalue weighted by atomic mass is 10.1. The molecule has 6 aromatic rings. The number of anilines is 2. The van der Waals surface area contributed by atoms with Gasteiger partial charge in [-0.3, -0.25) is 14.4 Å². The van der Waals surface area contributed by atoms with E-state index in [0.717, 1.165) is 16.6 Å². The molecule has 16 heteroatoms. The predicted octanol–water partition coefficient (Wildman–Crippen LogP) is 4.88. The van der Waals surface area contributed by atoms with Gasteiger partial charge in [-0.15, -0.1) is 0 Å². The average molecular weight is 807 g/mol. The Morgan fingerprint density at radius 2 is 1.07 bits per heavy atom. The first-order valence-electron chi connectivity index (χ1n) is 19.2. The Morgan fingerprint density at radius 1 is 0.610 bits per heavy atom. The number of hydrogen-bond acceptors (Lipinski definition) is 14. The molecule has 1 atom stereocenters. The second-order valence-corrected chi connectivity index (χ2v) is 13.9. The van der Waals surface area contributed by atoms with Gasteiger partial charge in [0.25, 0.3) is 23.8 Å². The lowest BCUT2D eigenvalue weighted by Gasteiger charge is -2.25. The van der Waals surface area contributed by atoms with Gasteiger partial charge in [0.15, 0.2) is 16.9 Å². The SMILES string of the molecule is CNC1CN(C(=O)c2c(OC)cccc2OC)CCN(c2nc3ccccc3o2)C1.COc1cccc(OC)c1C(=O)N1CCN(c2nc3ccccc3o2)CC(=O)C1.[H-]. The fourth-order valence-electron chi connectivity index (χ4n) is 7.20. The number of aromatic nitrogens is 2. The molecule has 2 aromatic heterocycles. The van der Waals surface area contributed by atoms with Gasteiger partial charge < -0.3 is 54.1 Å². The van der Waals surface area contributed by atoms with Crippen LogP contribution in [0.15, 0.2) is 93.8 Å². The van der Waals surface area contributed by atoms with Gasteiger partial charge in [0, 0.05) is 45.3 Å². The molecule has 59 heavy (non-hydrogen) atoms. The van der Waals surface area contributed by atoms with E-state index in [1.807, 2.05) is 66.5 Å². The molecule has 0 aliphatic carbocycles. The van der Waals surface area contributed by atoms with E-state index >= 15 is 0 Å². The van der Waals surface area contributed by atoms with Crippen LogP contribution in [0.25, 0.3) is 22.2 Å². The number of nitrogens with one attached hydrogen (secondary N) is 1. The Kier molecular flexibility index (Phi) is 12.5. The summed E-state index contributed by atoms with van der Waals surface area (Å²) in [4.78, 5) is 55.4. The molecule has 0 bridgehead atoms. The molecule has 2 saturated heterocycles. The summed E-state index contributed by atoms with van der Waals surface area (Å²) in [6.45, 7) is 3.23. The molecule has 2 aliphatic heterocycles. The van der Waals surface area contributed by atoms with Gasteiger partial charge >= 0.3 is 0 Å². The Labute approximate surface area is 342 Å². The molecule has 8 rings (SSSR count). The summed E-state index contributed by atoms with van der Waals surface area (Å²) >= 11 is 0. The van der Waals surface area contributed by atoms with Crippen LogP contribution in [0.3, 0.4) is 0 Å². The van der Waals surface area contributed by atoms with E-state index in [1.54, 1.807) is 49.5 Å². The third-order valence-electron chi connectivity index (χ3n) is 10.3. The van der Waals surface area contributed by atoms with E-state index in [4.69, 9.17) is 27.8 Å². The van der Waals surface area contributed by atoms with Crippen molar-refractivity contribution >= 4 is 51.8 Å². The highest BCUT2D eigenvalue weighted by atomic mass is 16.5. The summed E-state index contributed by atoms with van der Waals surface area (Å²) < 4.78 is 33.3. The first kappa shape index (κ1) is 40.4. The molecule has 0 radical (unpaired) electrons. The van der Waals surface area contributed by atoms with E-state index in [0.29, 0.717) is 91.0 Å². The van der Waals surface area contributed by atoms with Crippen LogP contribution in [0, 0.1) is 0 Å². The summed E-state index contributed by atoms with van der Waals surface area (Å²) in [5.74, 6) is 1.27. The number of likely N-dealkylation sites (N-methyl/N-ethyl adjacent to an activating group) is 1. The van der Waals surface area contributed by atoms with Gasteiger partial charge in [-0.2, -0.15) is 9.97 Å². The molecule has 0 spiro atoms. The molecule has 4 heterocycles. The van der Waals surface area contributed by atoms with Crippen molar-refractivity contribution in [1.29, 1.82) is 0 Å². The van der Waals surface area contributed by atoms with Crippen molar-refractivity contribution < 1.29 is 43.6 Å². The monoisotopic (exact) mass is 806 g/mol. The van der Waals surface area contributed by atoms with Crippen LogP contribution < -0.4 is 34.1 Å². The number of carbonyl (C=O) groups is 3. The summed E-state index contributed by atoms with van der Waals surface area (Å²) in [7, 11) is 7.99. The summed E-state index contributed by atoms with van der Waals surface area (Å²) in [5, 5.41) is 3.30. The number of methoxy groups -OCH3 is 4. The van der Waals surface area contributed by atoms with Crippen LogP contribution in [0.2, 0.25) is 0 Å². The van der Waals surface area contributed by atoms with Crippen LogP contribution >= 0.6 is 0 Å². The lowest BCUT2D eigenvalue weighted by molar-refractivity contribution is -0.118. The fourth-order valence-corrected chi connectivity index (χ4v) is 7.20. The maximum atomic E-state index is 13.4. The third kappa shape index (κ3) is 8.72. The van der Waals surface area contributed by atoms with Crippen LogP contribution in [-0.2, 0) is 4.79 Å². The number of carbonyl (C=O) groups excluding carboxylic acids is 3. The number of nitrogens with zero attached hydrogens (tertiary/aromatic N) is 6. The minimum atomic E-state index is -0.313. The predicted molar refractivity (Wildman–Crippen MR) is 222 cm³/mol. The number of ether oxygens (including phenoxy) is 4. The highest BCUT2D eigenvalue weighted by Crippen LogP contribution is 2.32. The maximum Gasteiger partial charge on any atom is 0.298 e. The number of oxazole rings is 2. The third-order valence-corrected chi connectivity index (χ3v) is 10.3. The maximum absolute atomic E-state index is 13.4. The molecular weight excluding hydrogens is 759 g/mol. The molecule has 310 valence electrons. The molecule has 0 saturated carbocycles. The van der Waals surface area contributed by atoms with Gasteiger partial charge in [0.05, 0.1) is 41.5 Å². The second kappa shape index (κ2) is 18.2. The van der Waals surface area contributed by atoms with Crippen molar-refractivity contribution in [2.24, 2.45) is 0 Å². The van der Waals surface area contributed by atoms with Gasteiger partial charge in [-0.1, -0.05) is 36.4 Å². The Bertz CT molecular complexity index is 2330. The fraction of sp³-hybridized carbons (Fsp3) is 0.326.